The number of halogens is 2. The third kappa shape index (κ3) is 2.86. The highest BCUT2D eigenvalue weighted by molar-refractivity contribution is 7.14. The summed E-state index contributed by atoms with van der Waals surface area (Å²) in [6, 6.07) is 6.36. The van der Waals surface area contributed by atoms with Gasteiger partial charge in [0.15, 0.2) is 4.47 Å². The van der Waals surface area contributed by atoms with Crippen molar-refractivity contribution in [3.63, 3.8) is 0 Å². The molecule has 18 heavy (non-hydrogen) atoms. The Kier molecular flexibility index (Phi) is 3.93. The number of hydrogen-bond acceptors (Lipinski definition) is 3. The zero-order chi connectivity index (χ0) is 13.1. The molecular weight excluding hydrogens is 275 g/mol. The van der Waals surface area contributed by atoms with Crippen molar-refractivity contribution in [3.8, 4) is 0 Å². The molecule has 3 nitrogen and oxygen atoms in total. The number of benzene rings is 1. The van der Waals surface area contributed by atoms with Gasteiger partial charge in [0.2, 0.25) is 0 Å². The van der Waals surface area contributed by atoms with Crippen LogP contribution in [0.4, 0.5) is 4.39 Å². The zero-order valence-corrected chi connectivity index (χ0v) is 11.1. The molecule has 1 heterocycles. The van der Waals surface area contributed by atoms with Gasteiger partial charge in [0.1, 0.15) is 11.5 Å². The summed E-state index contributed by atoms with van der Waals surface area (Å²) in [5.41, 5.74) is 0.749. The monoisotopic (exact) mass is 284 g/mol. The van der Waals surface area contributed by atoms with Crippen LogP contribution in [0.2, 0.25) is 4.47 Å². The molecule has 0 unspecified atom stereocenters. The first-order chi connectivity index (χ1) is 8.58. The maximum Gasteiger partial charge on any atom is 0.273 e. The van der Waals surface area contributed by atoms with Gasteiger partial charge in [-0.1, -0.05) is 29.8 Å². The number of carbonyl (C=O) groups is 1. The maximum absolute atomic E-state index is 13.4. The molecule has 0 bridgehead atoms. The van der Waals surface area contributed by atoms with Crippen molar-refractivity contribution in [2.75, 3.05) is 7.05 Å². The van der Waals surface area contributed by atoms with Crippen molar-refractivity contribution >= 4 is 28.8 Å². The van der Waals surface area contributed by atoms with E-state index in [2.05, 4.69) is 4.98 Å². The van der Waals surface area contributed by atoms with E-state index in [4.69, 9.17) is 11.6 Å². The number of hydrogen-bond donors (Lipinski definition) is 0. The summed E-state index contributed by atoms with van der Waals surface area (Å²) in [7, 11) is 1.60. The Balaban J connectivity index is 2.11. The second-order valence-corrected chi connectivity index (χ2v) is 5.18. The first-order valence-corrected chi connectivity index (χ1v) is 6.43. The number of thiazole rings is 1. The molecule has 6 heteroatoms. The van der Waals surface area contributed by atoms with E-state index in [1.54, 1.807) is 30.6 Å². The van der Waals surface area contributed by atoms with Crippen LogP contribution in [0.3, 0.4) is 0 Å². The number of nitrogens with zero attached hydrogens (tertiary/aromatic N) is 2. The normalized spacial score (nSPS) is 10.4. The second kappa shape index (κ2) is 5.46. The van der Waals surface area contributed by atoms with Gasteiger partial charge in [-0.3, -0.25) is 4.79 Å². The number of amides is 1. The maximum atomic E-state index is 13.4. The minimum Gasteiger partial charge on any atom is -0.336 e. The smallest absolute Gasteiger partial charge is 0.273 e. The van der Waals surface area contributed by atoms with Crippen LogP contribution in [0.5, 0.6) is 0 Å². The summed E-state index contributed by atoms with van der Waals surface area (Å²) in [5, 5.41) is 1.59. The van der Waals surface area contributed by atoms with Crippen LogP contribution in [0.15, 0.2) is 29.6 Å². The predicted octanol–water partition coefficient (Wildman–Crippen LogP) is 3.21. The molecule has 0 aliphatic rings. The van der Waals surface area contributed by atoms with Crippen LogP contribution in [-0.2, 0) is 6.54 Å². The van der Waals surface area contributed by atoms with E-state index < -0.39 is 0 Å². The first kappa shape index (κ1) is 13.0. The fraction of sp³-hybridized carbons (Fsp3) is 0.167. The average molecular weight is 285 g/mol. The lowest BCUT2D eigenvalue weighted by Crippen LogP contribution is -2.26. The van der Waals surface area contributed by atoms with Gasteiger partial charge in [0, 0.05) is 24.5 Å². The van der Waals surface area contributed by atoms with Gasteiger partial charge in [-0.25, -0.2) is 9.37 Å². The van der Waals surface area contributed by atoms with Gasteiger partial charge in [0.05, 0.1) is 0 Å². The molecule has 0 radical (unpaired) electrons. The van der Waals surface area contributed by atoms with Crippen LogP contribution in [0.1, 0.15) is 16.1 Å². The molecule has 0 fully saturated rings. The van der Waals surface area contributed by atoms with E-state index in [1.165, 1.54) is 22.3 Å². The molecule has 2 rings (SSSR count). The van der Waals surface area contributed by atoms with E-state index in [9.17, 15) is 9.18 Å². The van der Waals surface area contributed by atoms with Crippen molar-refractivity contribution < 1.29 is 9.18 Å². The summed E-state index contributed by atoms with van der Waals surface area (Å²) < 4.78 is 13.8. The fourth-order valence-corrected chi connectivity index (χ4v) is 2.24. The van der Waals surface area contributed by atoms with Gasteiger partial charge < -0.3 is 4.90 Å². The Labute approximate surface area is 113 Å². The van der Waals surface area contributed by atoms with Crippen molar-refractivity contribution in [2.45, 2.75) is 6.54 Å². The molecule has 0 aliphatic carbocycles. The number of carbonyl (C=O) groups excluding carboxylic acids is 1. The minimum absolute atomic E-state index is 0.195. The fourth-order valence-electron chi connectivity index (χ4n) is 1.50. The topological polar surface area (TPSA) is 33.2 Å². The first-order valence-electron chi connectivity index (χ1n) is 5.18. The highest BCUT2D eigenvalue weighted by Gasteiger charge is 2.16. The largest absolute Gasteiger partial charge is 0.336 e. The molecule has 2 aromatic rings. The van der Waals surface area contributed by atoms with Crippen LogP contribution < -0.4 is 0 Å². The van der Waals surface area contributed by atoms with E-state index >= 15 is 0 Å². The van der Waals surface area contributed by atoms with E-state index in [1.807, 2.05) is 0 Å². The number of rotatable bonds is 3. The number of aromatic nitrogens is 1. The SMILES string of the molecule is CN(Cc1ccccc1F)C(=O)c1csc(Cl)n1. The van der Waals surface area contributed by atoms with Gasteiger partial charge in [-0.05, 0) is 6.07 Å². The van der Waals surface area contributed by atoms with Gasteiger partial charge in [0.25, 0.3) is 5.91 Å². The average Bonchev–Trinajstić information content (AvgIpc) is 2.78. The molecule has 0 saturated heterocycles. The molecule has 0 atom stereocenters. The quantitative estimate of drug-likeness (QED) is 0.867. The lowest BCUT2D eigenvalue weighted by atomic mass is 10.2. The summed E-state index contributed by atoms with van der Waals surface area (Å²) in [4.78, 5) is 17.3. The van der Waals surface area contributed by atoms with E-state index in [0.717, 1.165) is 0 Å². The van der Waals surface area contributed by atoms with Gasteiger partial charge in [-0.15, -0.1) is 11.3 Å². The third-order valence-electron chi connectivity index (χ3n) is 2.41. The van der Waals surface area contributed by atoms with E-state index in [0.29, 0.717) is 10.0 Å². The predicted molar refractivity (Wildman–Crippen MR) is 69.3 cm³/mol. The van der Waals surface area contributed by atoms with Crippen LogP contribution in [0.25, 0.3) is 0 Å². The summed E-state index contributed by atoms with van der Waals surface area (Å²) in [6.45, 7) is 0.195. The van der Waals surface area contributed by atoms with Crippen molar-refractivity contribution in [3.05, 3.63) is 51.2 Å². The standard InChI is InChI=1S/C12H10ClFN2OS/c1-16(6-8-4-2-3-5-9(8)14)11(17)10-7-18-12(13)15-10/h2-5,7H,6H2,1H3. The molecular formula is C12H10ClFN2OS. The summed E-state index contributed by atoms with van der Waals surface area (Å²) >= 11 is 6.86. The molecule has 0 aliphatic heterocycles. The van der Waals surface area contributed by atoms with Crippen molar-refractivity contribution in [1.82, 2.24) is 9.88 Å². The van der Waals surface area contributed by atoms with Crippen molar-refractivity contribution in [1.29, 1.82) is 0 Å². The molecule has 1 aromatic carbocycles. The summed E-state index contributed by atoms with van der Waals surface area (Å²) in [5.74, 6) is -0.602. The highest BCUT2D eigenvalue weighted by Crippen LogP contribution is 2.17. The molecule has 1 amide bonds. The van der Waals surface area contributed by atoms with Gasteiger partial charge >= 0.3 is 0 Å². The Morgan fingerprint density at radius 1 is 1.50 bits per heavy atom. The van der Waals surface area contributed by atoms with Gasteiger partial charge in [-0.2, -0.15) is 0 Å². The van der Waals surface area contributed by atoms with Crippen LogP contribution >= 0.6 is 22.9 Å². The van der Waals surface area contributed by atoms with E-state index in [-0.39, 0.29) is 24.0 Å². The molecule has 94 valence electrons. The Morgan fingerprint density at radius 3 is 2.83 bits per heavy atom. The Hall–Kier alpha value is -1.46. The second-order valence-electron chi connectivity index (χ2n) is 3.74. The zero-order valence-electron chi connectivity index (χ0n) is 9.56. The molecule has 1 aromatic heterocycles. The molecule has 0 spiro atoms. The minimum atomic E-state index is -0.325. The van der Waals surface area contributed by atoms with Crippen LogP contribution in [-0.4, -0.2) is 22.8 Å². The Bertz CT molecular complexity index is 573. The molecule has 0 saturated carbocycles. The third-order valence-corrected chi connectivity index (χ3v) is 3.39. The van der Waals surface area contributed by atoms with Crippen LogP contribution in [0, 0.1) is 5.82 Å². The lowest BCUT2D eigenvalue weighted by Gasteiger charge is -2.16. The summed E-state index contributed by atoms with van der Waals surface area (Å²) in [6.07, 6.45) is 0. The lowest BCUT2D eigenvalue weighted by molar-refractivity contribution is 0.0779. The van der Waals surface area contributed by atoms with Crippen molar-refractivity contribution in [2.24, 2.45) is 0 Å². The highest BCUT2D eigenvalue weighted by atomic mass is 35.5. The Morgan fingerprint density at radius 2 is 2.22 bits per heavy atom. The molecule has 0 N–H and O–H groups in total.